The molecule has 10 nitrogen and oxygen atoms in total. The van der Waals surface area contributed by atoms with Crippen LogP contribution >= 0.6 is 0 Å². The fourth-order valence-corrected chi connectivity index (χ4v) is 8.35. The van der Waals surface area contributed by atoms with Crippen LogP contribution in [0, 0.1) is 22.7 Å². The molecule has 208 valence electrons. The number of aliphatic hydroxyl groups excluding tert-OH is 2. The molecule has 10 heteroatoms. The van der Waals surface area contributed by atoms with Gasteiger partial charge in [0, 0.05) is 29.4 Å². The van der Waals surface area contributed by atoms with Crippen LogP contribution in [0.3, 0.4) is 0 Å². The number of amides is 1. The van der Waals surface area contributed by atoms with Crippen molar-refractivity contribution in [2.24, 2.45) is 22.7 Å². The highest BCUT2D eigenvalue weighted by Crippen LogP contribution is 2.67. The summed E-state index contributed by atoms with van der Waals surface area (Å²) in [5.74, 6) is -2.68. The molecule has 2 fully saturated rings. The Bertz CT molecular complexity index is 1210. The number of aliphatic carboxylic acids is 2. The van der Waals surface area contributed by atoms with Crippen molar-refractivity contribution in [1.29, 1.82) is 0 Å². The number of hydrogen-bond donors (Lipinski definition) is 5. The summed E-state index contributed by atoms with van der Waals surface area (Å²) in [6.45, 7) is 8.08. The normalized spacial score (nSPS) is 35.8. The minimum atomic E-state index is -1.33. The summed E-state index contributed by atoms with van der Waals surface area (Å²) in [7, 11) is 0. The number of benzene rings is 1. The Balaban J connectivity index is 1.56. The van der Waals surface area contributed by atoms with E-state index in [0.29, 0.717) is 29.7 Å². The summed E-state index contributed by atoms with van der Waals surface area (Å²) in [4.78, 5) is 37.5. The fraction of sp³-hybridized carbons (Fsp3) is 0.679. The molecule has 2 aliphatic heterocycles. The van der Waals surface area contributed by atoms with Gasteiger partial charge in [-0.2, -0.15) is 0 Å². The molecule has 0 bridgehead atoms. The SMILES string of the molecule is C[C@@H]1CC[C@@H]2C(C)(C)[C@H](O)[C@H](O)C[C@]2(C)[C@]12Cc1c(O)cc3c(c1O2)CN([C@@H](CCC(=O)O)C(=O)O)C3=O. The van der Waals surface area contributed by atoms with Gasteiger partial charge in [0.15, 0.2) is 0 Å². The van der Waals surface area contributed by atoms with Gasteiger partial charge in [0.2, 0.25) is 0 Å². The molecule has 0 unspecified atom stereocenters. The highest BCUT2D eigenvalue weighted by atomic mass is 16.5. The molecular weight excluding hydrogens is 494 g/mol. The van der Waals surface area contributed by atoms with E-state index < -0.39 is 58.9 Å². The second kappa shape index (κ2) is 8.58. The maximum Gasteiger partial charge on any atom is 0.326 e. The van der Waals surface area contributed by atoms with Crippen LogP contribution in [0.4, 0.5) is 0 Å². The number of fused-ring (bicyclic) bond motifs is 5. The molecule has 2 saturated carbocycles. The van der Waals surface area contributed by atoms with Crippen molar-refractivity contribution >= 4 is 17.8 Å². The summed E-state index contributed by atoms with van der Waals surface area (Å²) in [6, 6.07) is 0.0385. The molecule has 0 saturated heterocycles. The number of carboxylic acids is 2. The van der Waals surface area contributed by atoms with Gasteiger partial charge in [-0.1, -0.05) is 27.7 Å². The Hall–Kier alpha value is -2.85. The molecule has 4 aliphatic rings. The second-order valence-electron chi connectivity index (χ2n) is 12.6. The van der Waals surface area contributed by atoms with E-state index in [4.69, 9.17) is 9.84 Å². The van der Waals surface area contributed by atoms with Crippen molar-refractivity contribution in [2.45, 2.75) is 96.6 Å². The van der Waals surface area contributed by atoms with Crippen molar-refractivity contribution < 1.29 is 44.7 Å². The van der Waals surface area contributed by atoms with E-state index in [9.17, 15) is 34.8 Å². The van der Waals surface area contributed by atoms with Crippen molar-refractivity contribution in [3.8, 4) is 11.5 Å². The Morgan fingerprint density at radius 1 is 1.16 bits per heavy atom. The lowest BCUT2D eigenvalue weighted by atomic mass is 9.43. The number of aromatic hydroxyl groups is 1. The first-order chi connectivity index (χ1) is 17.7. The number of carboxylic acid groups (broad SMARTS) is 2. The van der Waals surface area contributed by atoms with Crippen LogP contribution in [-0.2, 0) is 22.6 Å². The van der Waals surface area contributed by atoms with Gasteiger partial charge in [-0.25, -0.2) is 4.79 Å². The number of hydrogen-bond acceptors (Lipinski definition) is 7. The summed E-state index contributed by atoms with van der Waals surface area (Å²) in [6.07, 6.45) is -0.0906. The molecule has 1 spiro atoms. The second-order valence-corrected chi connectivity index (χ2v) is 12.6. The minimum absolute atomic E-state index is 0.0274. The highest BCUT2D eigenvalue weighted by Gasteiger charge is 2.69. The van der Waals surface area contributed by atoms with Gasteiger partial charge in [-0.3, -0.25) is 9.59 Å². The molecule has 1 amide bonds. The average molecular weight is 532 g/mol. The highest BCUT2D eigenvalue weighted by molar-refractivity contribution is 6.02. The van der Waals surface area contributed by atoms with E-state index in [1.165, 1.54) is 6.07 Å². The summed E-state index contributed by atoms with van der Waals surface area (Å²) < 4.78 is 6.88. The average Bonchev–Trinajstić information content (AvgIpc) is 3.37. The quantitative estimate of drug-likeness (QED) is 0.384. The molecule has 7 atom stereocenters. The van der Waals surface area contributed by atoms with Gasteiger partial charge in [0.05, 0.1) is 24.3 Å². The third kappa shape index (κ3) is 3.49. The lowest BCUT2D eigenvalue weighted by molar-refractivity contribution is -0.240. The van der Waals surface area contributed by atoms with E-state index in [-0.39, 0.29) is 36.1 Å². The van der Waals surface area contributed by atoms with E-state index in [1.807, 2.05) is 13.8 Å². The van der Waals surface area contributed by atoms with Crippen LogP contribution in [0.2, 0.25) is 0 Å². The number of nitrogens with zero attached hydrogens (tertiary/aromatic N) is 1. The molecule has 2 aliphatic carbocycles. The number of carbonyl (C=O) groups is 3. The molecule has 0 aromatic heterocycles. The molecule has 0 radical (unpaired) electrons. The lowest BCUT2D eigenvalue weighted by Crippen LogP contribution is -2.69. The number of ether oxygens (including phenoxy) is 1. The van der Waals surface area contributed by atoms with Crippen LogP contribution < -0.4 is 4.74 Å². The standard InChI is InChI=1S/C28H37NO9/c1-13-5-7-20-26(2,3)23(34)19(31)11-27(20,4)28(13)10-15-18(30)9-14-16(22(15)38-28)12-29(24(14)35)17(25(36)37)6-8-21(32)33/h9,13,17,19-20,23,30-31,34H,5-8,10-12H2,1-4H3,(H,32,33)(H,36,37)/t13-,17+,19-,20-,23-,27+,28+/m1/s1. The van der Waals surface area contributed by atoms with E-state index >= 15 is 0 Å². The third-order valence-corrected chi connectivity index (χ3v) is 10.4. The number of phenols is 1. The van der Waals surface area contributed by atoms with E-state index in [0.717, 1.165) is 17.7 Å². The van der Waals surface area contributed by atoms with Crippen LogP contribution in [0.1, 0.15) is 81.3 Å². The van der Waals surface area contributed by atoms with E-state index in [1.54, 1.807) is 0 Å². The summed E-state index contributed by atoms with van der Waals surface area (Å²) >= 11 is 0. The summed E-state index contributed by atoms with van der Waals surface area (Å²) in [5, 5.41) is 51.7. The first-order valence-electron chi connectivity index (χ1n) is 13.3. The molecule has 5 N–H and O–H groups in total. The Morgan fingerprint density at radius 2 is 1.84 bits per heavy atom. The zero-order valence-electron chi connectivity index (χ0n) is 22.2. The minimum Gasteiger partial charge on any atom is -0.508 e. The zero-order valence-corrected chi connectivity index (χ0v) is 22.2. The van der Waals surface area contributed by atoms with Crippen LogP contribution in [0.25, 0.3) is 0 Å². The predicted molar refractivity (Wildman–Crippen MR) is 134 cm³/mol. The maximum atomic E-state index is 13.3. The van der Waals surface area contributed by atoms with Gasteiger partial charge in [-0.05, 0) is 49.0 Å². The van der Waals surface area contributed by atoms with Gasteiger partial charge >= 0.3 is 11.9 Å². The Labute approximate surface area is 221 Å². The van der Waals surface area contributed by atoms with E-state index in [2.05, 4.69) is 13.8 Å². The van der Waals surface area contributed by atoms with Crippen molar-refractivity contribution in [2.75, 3.05) is 0 Å². The number of rotatable bonds is 5. The maximum absolute atomic E-state index is 13.3. The molecule has 1 aromatic rings. The molecule has 38 heavy (non-hydrogen) atoms. The number of aliphatic hydroxyl groups is 2. The fourth-order valence-electron chi connectivity index (χ4n) is 8.35. The zero-order chi connectivity index (χ0) is 27.9. The topological polar surface area (TPSA) is 165 Å². The Morgan fingerprint density at radius 3 is 2.47 bits per heavy atom. The number of carbonyl (C=O) groups excluding carboxylic acids is 1. The lowest BCUT2D eigenvalue weighted by Gasteiger charge is -2.64. The van der Waals surface area contributed by atoms with Crippen LogP contribution in [0.5, 0.6) is 11.5 Å². The summed E-state index contributed by atoms with van der Waals surface area (Å²) in [5.41, 5.74) is -0.733. The van der Waals surface area contributed by atoms with Gasteiger partial charge in [0.25, 0.3) is 5.91 Å². The van der Waals surface area contributed by atoms with Crippen molar-refractivity contribution in [1.82, 2.24) is 4.90 Å². The van der Waals surface area contributed by atoms with Crippen LogP contribution in [0.15, 0.2) is 6.07 Å². The molecule has 2 heterocycles. The molecular formula is C28H37NO9. The number of phenolic OH excluding ortho intramolecular Hbond substituents is 1. The van der Waals surface area contributed by atoms with Gasteiger partial charge in [-0.15, -0.1) is 0 Å². The monoisotopic (exact) mass is 531 g/mol. The van der Waals surface area contributed by atoms with Gasteiger partial charge < -0.3 is 35.2 Å². The largest absolute Gasteiger partial charge is 0.508 e. The van der Waals surface area contributed by atoms with Crippen LogP contribution in [-0.4, -0.2) is 72.1 Å². The van der Waals surface area contributed by atoms with Gasteiger partial charge in [0.1, 0.15) is 23.1 Å². The van der Waals surface area contributed by atoms with Crippen molar-refractivity contribution in [3.63, 3.8) is 0 Å². The Kier molecular flexibility index (Phi) is 6.04. The first kappa shape index (κ1) is 26.7. The van der Waals surface area contributed by atoms with Crippen molar-refractivity contribution in [3.05, 3.63) is 22.8 Å². The molecule has 5 rings (SSSR count). The smallest absolute Gasteiger partial charge is 0.326 e. The molecule has 1 aromatic carbocycles. The first-order valence-corrected chi connectivity index (χ1v) is 13.3. The predicted octanol–water partition coefficient (Wildman–Crippen LogP) is 2.54. The third-order valence-electron chi connectivity index (χ3n) is 10.4.